The van der Waals surface area contributed by atoms with Gasteiger partial charge in [-0.1, -0.05) is 21.6 Å². The van der Waals surface area contributed by atoms with Crippen molar-refractivity contribution in [3.63, 3.8) is 0 Å². The van der Waals surface area contributed by atoms with Crippen LogP contribution in [0.25, 0.3) is 0 Å². The Balaban J connectivity index is 1.36. The van der Waals surface area contributed by atoms with E-state index >= 15 is 0 Å². The summed E-state index contributed by atoms with van der Waals surface area (Å²) in [4.78, 5) is 0. The smallest absolute Gasteiger partial charge is 0.163 e. The van der Waals surface area contributed by atoms with Crippen LogP contribution in [0.1, 0.15) is 72.6 Å². The summed E-state index contributed by atoms with van der Waals surface area (Å²) in [7, 11) is 4.20. The number of ether oxygens (including phenoxy) is 3. The molecule has 2 saturated carbocycles. The van der Waals surface area contributed by atoms with Gasteiger partial charge < -0.3 is 19.3 Å². The summed E-state index contributed by atoms with van der Waals surface area (Å²) < 4.78 is 18.0. The van der Waals surface area contributed by atoms with Gasteiger partial charge in [0, 0.05) is 9.49 Å². The second kappa shape index (κ2) is 6.93. The molecule has 0 aromatic rings. The third-order valence-electron chi connectivity index (χ3n) is 4.91. The molecular weight excluding hydrogens is 344 g/mol. The van der Waals surface area contributed by atoms with Crippen molar-refractivity contribution in [1.29, 1.82) is 0 Å². The highest BCUT2D eigenvalue weighted by Crippen LogP contribution is 2.65. The number of aliphatic hydroxyl groups is 1. The molecule has 0 aromatic carbocycles. The Morgan fingerprint density at radius 2 is 1.75 bits per heavy atom. The molecule has 0 amide bonds. The predicted molar refractivity (Wildman–Crippen MR) is 100 cm³/mol. The van der Waals surface area contributed by atoms with Crippen LogP contribution in [0.4, 0.5) is 0 Å². The Morgan fingerprint density at radius 1 is 1.12 bits per heavy atom. The van der Waals surface area contributed by atoms with Gasteiger partial charge in [-0.15, -0.1) is 0 Å². The summed E-state index contributed by atoms with van der Waals surface area (Å²) in [5.41, 5.74) is 0. The molecule has 1 unspecified atom stereocenters. The van der Waals surface area contributed by atoms with Crippen LogP contribution >= 0.6 is 21.6 Å². The first kappa shape index (κ1) is 19.3. The van der Waals surface area contributed by atoms with E-state index in [9.17, 15) is 5.11 Å². The summed E-state index contributed by atoms with van der Waals surface area (Å²) in [5.74, 6) is -1.41. The van der Waals surface area contributed by atoms with Crippen LogP contribution in [-0.4, -0.2) is 45.5 Å². The first-order valence-corrected chi connectivity index (χ1v) is 11.3. The molecule has 4 nitrogen and oxygen atoms in total. The largest absolute Gasteiger partial charge is 0.366 e. The van der Waals surface area contributed by atoms with Crippen LogP contribution in [0.3, 0.4) is 0 Å². The Bertz CT molecular complexity index is 439. The molecule has 24 heavy (non-hydrogen) atoms. The molecule has 140 valence electrons. The highest BCUT2D eigenvalue weighted by molar-refractivity contribution is 8.77. The zero-order chi connectivity index (χ0) is 17.5. The highest BCUT2D eigenvalue weighted by Gasteiger charge is 2.51. The average Bonchev–Trinajstić information content (AvgIpc) is 3.35. The number of hydrogen-bond acceptors (Lipinski definition) is 6. The summed E-state index contributed by atoms with van der Waals surface area (Å²) in [6, 6.07) is 0. The quantitative estimate of drug-likeness (QED) is 0.344. The fourth-order valence-corrected chi connectivity index (χ4v) is 7.03. The van der Waals surface area contributed by atoms with Gasteiger partial charge in [0.15, 0.2) is 11.6 Å². The molecule has 0 bridgehead atoms. The van der Waals surface area contributed by atoms with E-state index in [0.29, 0.717) is 16.1 Å². The fraction of sp³-hybridized carbons (Fsp3) is 1.00. The van der Waals surface area contributed by atoms with Crippen LogP contribution in [-0.2, 0) is 14.2 Å². The third-order valence-corrected chi connectivity index (χ3v) is 9.26. The Kier molecular flexibility index (Phi) is 5.58. The van der Waals surface area contributed by atoms with Gasteiger partial charge in [-0.2, -0.15) is 0 Å². The Morgan fingerprint density at radius 3 is 2.25 bits per heavy atom. The Labute approximate surface area is 154 Å². The number of hydrogen-bond donors (Lipinski definition) is 1. The maximum Gasteiger partial charge on any atom is 0.163 e. The molecule has 3 aliphatic rings. The van der Waals surface area contributed by atoms with E-state index in [-0.39, 0.29) is 6.10 Å². The minimum atomic E-state index is -1.01. The molecule has 1 aliphatic heterocycles. The maximum absolute atomic E-state index is 9.60. The first-order valence-electron chi connectivity index (χ1n) is 9.16. The van der Waals surface area contributed by atoms with E-state index in [4.69, 9.17) is 14.2 Å². The summed E-state index contributed by atoms with van der Waals surface area (Å²) >= 11 is 0. The molecule has 0 radical (unpaired) electrons. The SMILES string of the molecule is CC(C)(O)OCCCC1(SSC2(CC3COC(C)(C)O3)CC2)CC1. The second-order valence-corrected chi connectivity index (χ2v) is 11.7. The van der Waals surface area contributed by atoms with Gasteiger partial charge in [0.1, 0.15) is 0 Å². The molecule has 2 aliphatic carbocycles. The standard InChI is InChI=1S/C18H32O4S2/c1-15(2,19)20-11-5-6-17(7-8-17)23-24-18(9-10-18)12-14-13-21-16(3,4)22-14/h14,19H,5-13H2,1-4H3. The van der Waals surface area contributed by atoms with Crippen molar-refractivity contribution in [2.45, 2.75) is 99.8 Å². The van der Waals surface area contributed by atoms with Gasteiger partial charge in [-0.3, -0.25) is 0 Å². The molecule has 3 fully saturated rings. The van der Waals surface area contributed by atoms with E-state index in [1.54, 1.807) is 13.8 Å². The van der Waals surface area contributed by atoms with Crippen LogP contribution in [0.15, 0.2) is 0 Å². The van der Waals surface area contributed by atoms with Crippen molar-refractivity contribution in [3.05, 3.63) is 0 Å². The van der Waals surface area contributed by atoms with Gasteiger partial charge in [-0.05, 0) is 72.6 Å². The summed E-state index contributed by atoms with van der Waals surface area (Å²) in [5, 5.41) is 9.60. The molecule has 1 saturated heterocycles. The zero-order valence-electron chi connectivity index (χ0n) is 15.4. The molecular formula is C18H32O4S2. The van der Waals surface area contributed by atoms with E-state index in [2.05, 4.69) is 21.6 Å². The van der Waals surface area contributed by atoms with Crippen LogP contribution in [0.5, 0.6) is 0 Å². The number of rotatable bonds is 10. The van der Waals surface area contributed by atoms with Crippen LogP contribution in [0.2, 0.25) is 0 Å². The van der Waals surface area contributed by atoms with E-state index in [0.717, 1.165) is 19.4 Å². The minimum Gasteiger partial charge on any atom is -0.366 e. The van der Waals surface area contributed by atoms with Gasteiger partial charge in [0.25, 0.3) is 0 Å². The van der Waals surface area contributed by atoms with Crippen molar-refractivity contribution in [3.8, 4) is 0 Å². The normalized spacial score (nSPS) is 29.6. The van der Waals surface area contributed by atoms with Gasteiger partial charge >= 0.3 is 0 Å². The molecule has 1 heterocycles. The monoisotopic (exact) mass is 376 g/mol. The van der Waals surface area contributed by atoms with E-state index in [1.165, 1.54) is 32.1 Å². The minimum absolute atomic E-state index is 0.255. The lowest BCUT2D eigenvalue weighted by atomic mass is 10.2. The van der Waals surface area contributed by atoms with Crippen LogP contribution in [0, 0.1) is 0 Å². The topological polar surface area (TPSA) is 47.9 Å². The van der Waals surface area contributed by atoms with Gasteiger partial charge in [0.2, 0.25) is 0 Å². The lowest BCUT2D eigenvalue weighted by Gasteiger charge is -2.23. The molecule has 0 aromatic heterocycles. The van der Waals surface area contributed by atoms with Crippen molar-refractivity contribution in [2.75, 3.05) is 13.2 Å². The molecule has 3 rings (SSSR count). The van der Waals surface area contributed by atoms with Crippen molar-refractivity contribution < 1.29 is 19.3 Å². The van der Waals surface area contributed by atoms with Crippen molar-refractivity contribution in [1.82, 2.24) is 0 Å². The fourth-order valence-electron chi connectivity index (χ4n) is 3.15. The lowest BCUT2D eigenvalue weighted by Crippen LogP contribution is -2.24. The lowest BCUT2D eigenvalue weighted by molar-refractivity contribution is -0.176. The predicted octanol–water partition coefficient (Wildman–Crippen LogP) is 4.50. The zero-order valence-corrected chi connectivity index (χ0v) is 17.1. The highest BCUT2D eigenvalue weighted by atomic mass is 33.1. The molecule has 0 spiro atoms. The van der Waals surface area contributed by atoms with Crippen LogP contribution < -0.4 is 0 Å². The van der Waals surface area contributed by atoms with Crippen molar-refractivity contribution >= 4 is 21.6 Å². The Hall–Kier alpha value is 0.540. The maximum atomic E-state index is 9.60. The second-order valence-electron chi connectivity index (χ2n) is 8.59. The van der Waals surface area contributed by atoms with Crippen molar-refractivity contribution in [2.24, 2.45) is 0 Å². The summed E-state index contributed by atoms with van der Waals surface area (Å²) in [6.45, 7) is 8.77. The molecule has 6 heteroatoms. The van der Waals surface area contributed by atoms with Gasteiger partial charge in [0.05, 0.1) is 19.3 Å². The average molecular weight is 377 g/mol. The van der Waals surface area contributed by atoms with Gasteiger partial charge in [-0.25, -0.2) is 0 Å². The molecule has 1 N–H and O–H groups in total. The molecule has 1 atom stereocenters. The third kappa shape index (κ3) is 5.78. The van der Waals surface area contributed by atoms with E-state index < -0.39 is 11.6 Å². The summed E-state index contributed by atoms with van der Waals surface area (Å²) in [6.07, 6.45) is 8.84. The first-order chi connectivity index (χ1) is 11.1. The van der Waals surface area contributed by atoms with E-state index in [1.807, 2.05) is 13.8 Å².